The smallest absolute Gasteiger partial charge is 0.268 e. The number of amides is 2. The van der Waals surface area contributed by atoms with Crippen molar-refractivity contribution in [2.75, 3.05) is 32.8 Å². The fourth-order valence-electron chi connectivity index (χ4n) is 4.35. The van der Waals surface area contributed by atoms with Crippen molar-refractivity contribution >= 4 is 34.3 Å². The molecule has 2 amide bonds. The number of benzene rings is 2. The summed E-state index contributed by atoms with van der Waals surface area (Å²) in [6, 6.07) is 14.2. The van der Waals surface area contributed by atoms with Crippen LogP contribution in [0.1, 0.15) is 27.7 Å². The summed E-state index contributed by atoms with van der Waals surface area (Å²) >= 11 is 6.05. The van der Waals surface area contributed by atoms with Crippen LogP contribution in [0, 0.1) is 0 Å². The highest BCUT2D eigenvalue weighted by atomic mass is 35.5. The molecular formula is C24H27ClN4O4. The van der Waals surface area contributed by atoms with Crippen LogP contribution in [0.25, 0.3) is 10.9 Å². The zero-order chi connectivity index (χ0) is 23.4. The number of aromatic nitrogens is 1. The number of nitrogens with zero attached hydrogens (tertiary/aromatic N) is 1. The molecule has 8 nitrogen and oxygen atoms in total. The van der Waals surface area contributed by atoms with Crippen LogP contribution in [0.4, 0.5) is 0 Å². The molecule has 0 unspecified atom stereocenters. The van der Waals surface area contributed by atoms with Crippen LogP contribution in [0.15, 0.2) is 48.5 Å². The van der Waals surface area contributed by atoms with E-state index >= 15 is 0 Å². The Kier molecular flexibility index (Phi) is 7.29. The fraction of sp³-hybridized carbons (Fsp3) is 0.333. The Bertz CT molecular complexity index is 1140. The monoisotopic (exact) mass is 470 g/mol. The van der Waals surface area contributed by atoms with E-state index in [1.165, 1.54) is 0 Å². The number of halogens is 1. The summed E-state index contributed by atoms with van der Waals surface area (Å²) in [6.45, 7) is 0.421. The lowest BCUT2D eigenvalue weighted by molar-refractivity contribution is -0.123. The molecular weight excluding hydrogens is 444 g/mol. The average Bonchev–Trinajstić information content (AvgIpc) is 3.35. The third kappa shape index (κ3) is 5.36. The van der Waals surface area contributed by atoms with Crippen molar-refractivity contribution in [2.45, 2.75) is 18.5 Å². The van der Waals surface area contributed by atoms with Gasteiger partial charge in [0.05, 0.1) is 31.8 Å². The molecule has 0 saturated heterocycles. The van der Waals surface area contributed by atoms with E-state index in [1.807, 2.05) is 30.3 Å². The standard InChI is InChI=1S/C24H27ClN4O4/c25-17-5-6-19-16(11-17)13-21(26-19)24(33)27-20-12-15-3-1-2-4-18(15)23(20)28-22(32)14-29(7-9-30)8-10-31/h1-6,11,13,20,23,26,30-31H,7-10,12,14H2,(H,27,33)(H,28,32)/t20-,23+/m1/s1. The first-order valence-corrected chi connectivity index (χ1v) is 11.3. The Morgan fingerprint density at radius 3 is 2.58 bits per heavy atom. The lowest BCUT2D eigenvalue weighted by Crippen LogP contribution is -2.47. The summed E-state index contributed by atoms with van der Waals surface area (Å²) < 4.78 is 0. The molecule has 0 bridgehead atoms. The first kappa shape index (κ1) is 23.3. The van der Waals surface area contributed by atoms with Gasteiger partial charge in [-0.15, -0.1) is 0 Å². The summed E-state index contributed by atoms with van der Waals surface area (Å²) in [7, 11) is 0. The summed E-state index contributed by atoms with van der Waals surface area (Å²) in [5.41, 5.74) is 3.27. The van der Waals surface area contributed by atoms with Crippen molar-refractivity contribution in [2.24, 2.45) is 0 Å². The van der Waals surface area contributed by atoms with Gasteiger partial charge in [-0.25, -0.2) is 0 Å². The number of aliphatic hydroxyl groups excluding tert-OH is 2. The minimum atomic E-state index is -0.387. The molecule has 0 saturated carbocycles. The van der Waals surface area contributed by atoms with Gasteiger partial charge in [-0.1, -0.05) is 35.9 Å². The highest BCUT2D eigenvalue weighted by Gasteiger charge is 2.35. The number of carbonyl (C=O) groups is 2. The molecule has 2 atom stereocenters. The normalized spacial score (nSPS) is 17.3. The van der Waals surface area contributed by atoms with Gasteiger partial charge in [-0.05, 0) is 41.8 Å². The van der Waals surface area contributed by atoms with Gasteiger partial charge in [-0.3, -0.25) is 14.5 Å². The predicted molar refractivity (Wildman–Crippen MR) is 126 cm³/mol. The third-order valence-corrected chi connectivity index (χ3v) is 6.13. The molecule has 4 rings (SSSR count). The van der Waals surface area contributed by atoms with Crippen molar-refractivity contribution in [1.82, 2.24) is 20.5 Å². The van der Waals surface area contributed by atoms with E-state index in [9.17, 15) is 19.8 Å². The molecule has 0 aliphatic heterocycles. The van der Waals surface area contributed by atoms with Crippen molar-refractivity contribution < 1.29 is 19.8 Å². The number of H-pyrrole nitrogens is 1. The van der Waals surface area contributed by atoms with Gasteiger partial charge in [0.25, 0.3) is 5.91 Å². The minimum absolute atomic E-state index is 0.0449. The van der Waals surface area contributed by atoms with Gasteiger partial charge < -0.3 is 25.8 Å². The van der Waals surface area contributed by atoms with E-state index in [-0.39, 0.29) is 43.7 Å². The predicted octanol–water partition coefficient (Wildman–Crippen LogP) is 1.62. The Morgan fingerprint density at radius 1 is 1.06 bits per heavy atom. The average molecular weight is 471 g/mol. The Balaban J connectivity index is 1.50. The van der Waals surface area contributed by atoms with Gasteiger partial charge >= 0.3 is 0 Å². The topological polar surface area (TPSA) is 118 Å². The van der Waals surface area contributed by atoms with Gasteiger partial charge in [0.1, 0.15) is 5.69 Å². The van der Waals surface area contributed by atoms with Gasteiger partial charge in [0.2, 0.25) is 5.91 Å². The molecule has 1 aromatic heterocycles. The van der Waals surface area contributed by atoms with E-state index in [2.05, 4.69) is 15.6 Å². The summed E-state index contributed by atoms with van der Waals surface area (Å²) in [5.74, 6) is -0.500. The molecule has 0 fully saturated rings. The Hall–Kier alpha value is -2.91. The van der Waals surface area contributed by atoms with E-state index < -0.39 is 0 Å². The Morgan fingerprint density at radius 2 is 1.82 bits per heavy atom. The van der Waals surface area contributed by atoms with E-state index in [1.54, 1.807) is 23.1 Å². The maximum absolute atomic E-state index is 13.0. The zero-order valence-electron chi connectivity index (χ0n) is 18.1. The zero-order valence-corrected chi connectivity index (χ0v) is 18.8. The lowest BCUT2D eigenvalue weighted by atomic mass is 10.1. The summed E-state index contributed by atoms with van der Waals surface area (Å²) in [6.07, 6.45) is 0.593. The highest BCUT2D eigenvalue weighted by Crippen LogP contribution is 2.31. The molecule has 1 aliphatic rings. The molecule has 1 heterocycles. The first-order valence-electron chi connectivity index (χ1n) is 10.9. The van der Waals surface area contributed by atoms with Gasteiger partial charge in [-0.2, -0.15) is 0 Å². The van der Waals surface area contributed by atoms with E-state index in [4.69, 9.17) is 11.6 Å². The third-order valence-electron chi connectivity index (χ3n) is 5.89. The van der Waals surface area contributed by atoms with Crippen molar-refractivity contribution in [1.29, 1.82) is 0 Å². The molecule has 0 spiro atoms. The fourth-order valence-corrected chi connectivity index (χ4v) is 4.54. The molecule has 5 N–H and O–H groups in total. The van der Waals surface area contributed by atoms with Crippen molar-refractivity contribution in [3.63, 3.8) is 0 Å². The molecule has 2 aromatic carbocycles. The lowest BCUT2D eigenvalue weighted by Gasteiger charge is -2.25. The minimum Gasteiger partial charge on any atom is -0.395 e. The van der Waals surface area contributed by atoms with Crippen LogP contribution in [0.3, 0.4) is 0 Å². The van der Waals surface area contributed by atoms with Crippen LogP contribution in [0.5, 0.6) is 0 Å². The van der Waals surface area contributed by atoms with Crippen molar-refractivity contribution in [3.8, 4) is 0 Å². The van der Waals surface area contributed by atoms with E-state index in [0.29, 0.717) is 30.2 Å². The molecule has 9 heteroatoms. The van der Waals surface area contributed by atoms with Crippen LogP contribution in [0.2, 0.25) is 5.02 Å². The SMILES string of the molecule is O=C(CN(CCO)CCO)N[C@H]1c2ccccc2C[C@H]1NC(=O)c1cc2cc(Cl)ccc2[nH]1. The van der Waals surface area contributed by atoms with E-state index in [0.717, 1.165) is 22.0 Å². The Labute approximate surface area is 196 Å². The second kappa shape index (κ2) is 10.4. The quantitative estimate of drug-likeness (QED) is 0.326. The summed E-state index contributed by atoms with van der Waals surface area (Å²) in [5, 5.41) is 25.9. The van der Waals surface area contributed by atoms with Crippen molar-refractivity contribution in [3.05, 3.63) is 70.4 Å². The number of hydrogen-bond acceptors (Lipinski definition) is 5. The second-order valence-electron chi connectivity index (χ2n) is 8.17. The van der Waals surface area contributed by atoms with Gasteiger partial charge in [0, 0.05) is 29.0 Å². The maximum Gasteiger partial charge on any atom is 0.268 e. The van der Waals surface area contributed by atoms with Crippen LogP contribution in [-0.2, 0) is 11.2 Å². The number of carbonyl (C=O) groups excluding carboxylic acids is 2. The summed E-state index contributed by atoms with van der Waals surface area (Å²) in [4.78, 5) is 30.6. The molecule has 3 aromatic rings. The van der Waals surface area contributed by atoms with Crippen LogP contribution in [-0.4, -0.2) is 70.8 Å². The largest absolute Gasteiger partial charge is 0.395 e. The second-order valence-corrected chi connectivity index (χ2v) is 8.60. The van der Waals surface area contributed by atoms with Gasteiger partial charge in [0.15, 0.2) is 0 Å². The maximum atomic E-state index is 13.0. The van der Waals surface area contributed by atoms with Crippen LogP contribution < -0.4 is 10.6 Å². The number of aliphatic hydroxyl groups is 2. The first-order chi connectivity index (χ1) is 16.0. The highest BCUT2D eigenvalue weighted by molar-refractivity contribution is 6.31. The number of aromatic amines is 1. The number of rotatable bonds is 9. The number of nitrogens with one attached hydrogen (secondary N) is 3. The molecule has 33 heavy (non-hydrogen) atoms. The number of hydrogen-bond donors (Lipinski definition) is 5. The molecule has 1 aliphatic carbocycles. The van der Waals surface area contributed by atoms with Crippen LogP contribution >= 0.6 is 11.6 Å². The molecule has 0 radical (unpaired) electrons. The number of fused-ring (bicyclic) bond motifs is 2. The molecule has 174 valence electrons.